The number of carbonyl (C=O) groups is 1. The molecule has 9 heteroatoms. The number of hydrogen-bond acceptors (Lipinski definition) is 4. The SMILES string of the molecule is CC(C)c1c(C(=O)O)nnn1CCOCC(F)(F)F. The smallest absolute Gasteiger partial charge is 0.411 e. The minimum atomic E-state index is -4.38. The molecule has 1 rings (SSSR count). The first-order chi connectivity index (χ1) is 8.72. The first-order valence-corrected chi connectivity index (χ1v) is 5.53. The maximum Gasteiger partial charge on any atom is 0.411 e. The van der Waals surface area contributed by atoms with Gasteiger partial charge in [0.2, 0.25) is 0 Å². The number of halogens is 3. The average molecular weight is 281 g/mol. The summed E-state index contributed by atoms with van der Waals surface area (Å²) in [7, 11) is 0. The van der Waals surface area contributed by atoms with E-state index >= 15 is 0 Å². The maximum absolute atomic E-state index is 11.9. The quantitative estimate of drug-likeness (QED) is 0.803. The largest absolute Gasteiger partial charge is 0.476 e. The zero-order valence-corrected chi connectivity index (χ0v) is 10.4. The second-order valence-corrected chi connectivity index (χ2v) is 4.17. The van der Waals surface area contributed by atoms with Crippen LogP contribution < -0.4 is 0 Å². The van der Waals surface area contributed by atoms with E-state index in [4.69, 9.17) is 5.11 Å². The number of carboxylic acids is 1. The van der Waals surface area contributed by atoms with Gasteiger partial charge in [-0.1, -0.05) is 19.1 Å². The molecule has 0 unspecified atom stereocenters. The van der Waals surface area contributed by atoms with E-state index in [-0.39, 0.29) is 24.8 Å². The van der Waals surface area contributed by atoms with Crippen molar-refractivity contribution in [2.75, 3.05) is 13.2 Å². The van der Waals surface area contributed by atoms with Gasteiger partial charge in [-0.05, 0) is 5.92 Å². The summed E-state index contributed by atoms with van der Waals surface area (Å²) in [5, 5.41) is 16.0. The van der Waals surface area contributed by atoms with Gasteiger partial charge < -0.3 is 9.84 Å². The molecule has 0 aromatic carbocycles. The van der Waals surface area contributed by atoms with Crippen LogP contribution in [0.2, 0.25) is 0 Å². The van der Waals surface area contributed by atoms with Gasteiger partial charge in [-0.2, -0.15) is 13.2 Å². The molecule has 1 N–H and O–H groups in total. The highest BCUT2D eigenvalue weighted by atomic mass is 19.4. The molecule has 0 aliphatic carbocycles. The molecule has 0 aliphatic heterocycles. The lowest BCUT2D eigenvalue weighted by Gasteiger charge is -2.11. The molecule has 0 radical (unpaired) electrons. The summed E-state index contributed by atoms with van der Waals surface area (Å²) in [6.07, 6.45) is -4.38. The van der Waals surface area contributed by atoms with Crippen molar-refractivity contribution in [1.82, 2.24) is 15.0 Å². The van der Waals surface area contributed by atoms with Crippen molar-refractivity contribution in [3.8, 4) is 0 Å². The Bertz CT molecular complexity index is 443. The first-order valence-electron chi connectivity index (χ1n) is 5.53. The number of hydrogen-bond donors (Lipinski definition) is 1. The van der Waals surface area contributed by atoms with Crippen LogP contribution in [0.5, 0.6) is 0 Å². The van der Waals surface area contributed by atoms with Gasteiger partial charge in [0.1, 0.15) is 6.61 Å². The molecule has 0 spiro atoms. The monoisotopic (exact) mass is 281 g/mol. The summed E-state index contributed by atoms with van der Waals surface area (Å²) in [5.41, 5.74) is 0.175. The van der Waals surface area contributed by atoms with Crippen LogP contribution >= 0.6 is 0 Å². The van der Waals surface area contributed by atoms with Crippen molar-refractivity contribution < 1.29 is 27.8 Å². The third kappa shape index (κ3) is 4.51. The lowest BCUT2D eigenvalue weighted by Crippen LogP contribution is -2.20. The van der Waals surface area contributed by atoms with E-state index in [0.29, 0.717) is 5.69 Å². The van der Waals surface area contributed by atoms with Gasteiger partial charge in [0.05, 0.1) is 18.8 Å². The van der Waals surface area contributed by atoms with Gasteiger partial charge in [0.15, 0.2) is 5.69 Å². The molecule has 1 aromatic rings. The van der Waals surface area contributed by atoms with Crippen LogP contribution in [0.4, 0.5) is 13.2 Å². The molecule has 0 bridgehead atoms. The second-order valence-electron chi connectivity index (χ2n) is 4.17. The van der Waals surface area contributed by atoms with Crippen LogP contribution in [0, 0.1) is 0 Å². The summed E-state index contributed by atoms with van der Waals surface area (Å²) in [6, 6.07) is 0. The molecule has 0 fully saturated rings. The van der Waals surface area contributed by atoms with E-state index < -0.39 is 18.8 Å². The van der Waals surface area contributed by atoms with E-state index in [0.717, 1.165) is 0 Å². The fourth-order valence-corrected chi connectivity index (χ4v) is 1.55. The fraction of sp³-hybridized carbons (Fsp3) is 0.700. The van der Waals surface area contributed by atoms with Gasteiger partial charge >= 0.3 is 12.1 Å². The maximum atomic E-state index is 11.9. The fourth-order valence-electron chi connectivity index (χ4n) is 1.55. The summed E-state index contributed by atoms with van der Waals surface area (Å²) in [5.74, 6) is -1.38. The molecule has 1 heterocycles. The first kappa shape index (κ1) is 15.4. The highest BCUT2D eigenvalue weighted by Crippen LogP contribution is 2.18. The third-order valence-corrected chi connectivity index (χ3v) is 2.24. The van der Waals surface area contributed by atoms with Crippen LogP contribution in [0.15, 0.2) is 0 Å². The number of rotatable bonds is 6. The van der Waals surface area contributed by atoms with Crippen molar-refractivity contribution in [3.05, 3.63) is 11.4 Å². The Kier molecular flexibility index (Phi) is 4.87. The standard InChI is InChI=1S/C10H14F3N3O3/c1-6(2)8-7(9(17)18)14-15-16(8)3-4-19-5-10(11,12)13/h6H,3-5H2,1-2H3,(H,17,18). The number of aromatic nitrogens is 3. The second kappa shape index (κ2) is 6.00. The molecule has 6 nitrogen and oxygen atoms in total. The Labute approximate surface area is 107 Å². The van der Waals surface area contributed by atoms with Crippen LogP contribution in [0.25, 0.3) is 0 Å². The number of alkyl halides is 3. The number of carboxylic acid groups (broad SMARTS) is 1. The van der Waals surface area contributed by atoms with Crippen molar-refractivity contribution in [2.24, 2.45) is 0 Å². The molecule has 0 amide bonds. The van der Waals surface area contributed by atoms with Gasteiger partial charge in [-0.15, -0.1) is 5.10 Å². The van der Waals surface area contributed by atoms with Crippen LogP contribution in [-0.2, 0) is 11.3 Å². The van der Waals surface area contributed by atoms with Crippen LogP contribution in [-0.4, -0.2) is 45.5 Å². The molecule has 1 aromatic heterocycles. The predicted molar refractivity (Wildman–Crippen MR) is 57.9 cm³/mol. The molecule has 0 aliphatic rings. The average Bonchev–Trinajstić information content (AvgIpc) is 2.66. The van der Waals surface area contributed by atoms with Crippen molar-refractivity contribution in [2.45, 2.75) is 32.5 Å². The summed E-state index contributed by atoms with van der Waals surface area (Å²) < 4.78 is 41.3. The lowest BCUT2D eigenvalue weighted by atomic mass is 10.1. The van der Waals surface area contributed by atoms with E-state index in [1.165, 1.54) is 4.68 Å². The Morgan fingerprint density at radius 2 is 2.11 bits per heavy atom. The minimum Gasteiger partial charge on any atom is -0.476 e. The third-order valence-electron chi connectivity index (χ3n) is 2.24. The van der Waals surface area contributed by atoms with Gasteiger partial charge in [0.25, 0.3) is 0 Å². The summed E-state index contributed by atoms with van der Waals surface area (Å²) in [4.78, 5) is 10.9. The molecular weight excluding hydrogens is 267 g/mol. The normalized spacial score (nSPS) is 12.1. The molecule has 0 saturated carbocycles. The highest BCUT2D eigenvalue weighted by Gasteiger charge is 2.27. The lowest BCUT2D eigenvalue weighted by molar-refractivity contribution is -0.174. The summed E-state index contributed by atoms with van der Waals surface area (Å²) >= 11 is 0. The van der Waals surface area contributed by atoms with Crippen LogP contribution in [0.1, 0.15) is 35.9 Å². The van der Waals surface area contributed by atoms with E-state index in [9.17, 15) is 18.0 Å². The Morgan fingerprint density at radius 1 is 1.47 bits per heavy atom. The zero-order chi connectivity index (χ0) is 14.6. The van der Waals surface area contributed by atoms with Crippen molar-refractivity contribution in [3.63, 3.8) is 0 Å². The Morgan fingerprint density at radius 3 is 2.58 bits per heavy atom. The molecule has 0 saturated heterocycles. The predicted octanol–water partition coefficient (Wildman–Crippen LogP) is 1.68. The number of aromatic carboxylic acids is 1. The van der Waals surface area contributed by atoms with E-state index in [1.54, 1.807) is 13.8 Å². The number of ether oxygens (including phenoxy) is 1. The Balaban J connectivity index is 2.66. The highest BCUT2D eigenvalue weighted by molar-refractivity contribution is 5.86. The van der Waals surface area contributed by atoms with Crippen molar-refractivity contribution >= 4 is 5.97 Å². The molecular formula is C10H14F3N3O3. The van der Waals surface area contributed by atoms with E-state index in [2.05, 4.69) is 15.0 Å². The van der Waals surface area contributed by atoms with Gasteiger partial charge in [0, 0.05) is 0 Å². The van der Waals surface area contributed by atoms with Gasteiger partial charge in [-0.3, -0.25) is 0 Å². The van der Waals surface area contributed by atoms with Gasteiger partial charge in [-0.25, -0.2) is 9.48 Å². The van der Waals surface area contributed by atoms with Crippen molar-refractivity contribution in [1.29, 1.82) is 0 Å². The Hall–Kier alpha value is -1.64. The van der Waals surface area contributed by atoms with Crippen LogP contribution in [0.3, 0.4) is 0 Å². The zero-order valence-electron chi connectivity index (χ0n) is 10.4. The van der Waals surface area contributed by atoms with E-state index in [1.807, 2.05) is 0 Å². The number of nitrogens with zero attached hydrogens (tertiary/aromatic N) is 3. The molecule has 108 valence electrons. The topological polar surface area (TPSA) is 77.2 Å². The molecule has 0 atom stereocenters. The minimum absolute atomic E-state index is 0.0177. The molecule has 19 heavy (non-hydrogen) atoms. The summed E-state index contributed by atoms with van der Waals surface area (Å²) in [6.45, 7) is 1.95.